The average molecular weight is 389 g/mol. The van der Waals surface area contributed by atoms with Gasteiger partial charge in [-0.3, -0.25) is 9.59 Å². The summed E-state index contributed by atoms with van der Waals surface area (Å²) in [5, 5.41) is 2.97. The first kappa shape index (κ1) is 19.5. The predicted molar refractivity (Wildman–Crippen MR) is 106 cm³/mol. The van der Waals surface area contributed by atoms with Crippen molar-refractivity contribution in [3.05, 3.63) is 47.1 Å². The van der Waals surface area contributed by atoms with Crippen molar-refractivity contribution >= 4 is 23.2 Å². The van der Waals surface area contributed by atoms with Gasteiger partial charge < -0.3 is 10.2 Å². The number of halogens is 1. The number of amides is 2. The number of likely N-dealkylation sites (tertiary alicyclic amines) is 1. The summed E-state index contributed by atoms with van der Waals surface area (Å²) in [5.41, 5.74) is 0.525. The minimum Gasteiger partial charge on any atom is -0.356 e. The van der Waals surface area contributed by atoms with E-state index < -0.39 is 0 Å². The van der Waals surface area contributed by atoms with Gasteiger partial charge in [0.05, 0.1) is 4.88 Å². The van der Waals surface area contributed by atoms with Crippen LogP contribution in [0, 0.1) is 11.7 Å². The van der Waals surface area contributed by atoms with E-state index in [0.29, 0.717) is 30.0 Å². The molecule has 1 fully saturated rings. The van der Waals surface area contributed by atoms with Gasteiger partial charge in [0.1, 0.15) is 5.82 Å². The molecule has 4 nitrogen and oxygen atoms in total. The van der Waals surface area contributed by atoms with Gasteiger partial charge >= 0.3 is 0 Å². The fourth-order valence-corrected chi connectivity index (χ4v) is 4.41. The molecule has 1 aliphatic rings. The monoisotopic (exact) mass is 388 g/mol. The van der Waals surface area contributed by atoms with Crippen LogP contribution in [0.4, 0.5) is 4.39 Å². The Morgan fingerprint density at radius 1 is 1.26 bits per heavy atom. The zero-order valence-corrected chi connectivity index (χ0v) is 16.4. The lowest BCUT2D eigenvalue weighted by Crippen LogP contribution is -2.43. The van der Waals surface area contributed by atoms with E-state index in [1.807, 2.05) is 17.9 Å². The van der Waals surface area contributed by atoms with E-state index in [0.717, 1.165) is 30.7 Å². The van der Waals surface area contributed by atoms with Crippen molar-refractivity contribution in [1.82, 2.24) is 10.2 Å². The van der Waals surface area contributed by atoms with Crippen LogP contribution in [0.1, 0.15) is 42.3 Å². The topological polar surface area (TPSA) is 49.4 Å². The van der Waals surface area contributed by atoms with E-state index in [9.17, 15) is 14.0 Å². The van der Waals surface area contributed by atoms with Crippen LogP contribution < -0.4 is 5.32 Å². The fourth-order valence-electron chi connectivity index (χ4n) is 3.40. The highest BCUT2D eigenvalue weighted by Crippen LogP contribution is 2.31. The summed E-state index contributed by atoms with van der Waals surface area (Å²) >= 11 is 1.33. The number of rotatable bonds is 6. The van der Waals surface area contributed by atoms with Crippen molar-refractivity contribution in [3.8, 4) is 10.4 Å². The highest BCUT2D eigenvalue weighted by molar-refractivity contribution is 7.17. The van der Waals surface area contributed by atoms with Gasteiger partial charge in [0.15, 0.2) is 0 Å². The lowest BCUT2D eigenvalue weighted by molar-refractivity contribution is -0.121. The normalized spacial score (nSPS) is 17.0. The molecule has 1 unspecified atom stereocenters. The number of hydrogen-bond donors (Lipinski definition) is 1. The second-order valence-electron chi connectivity index (χ2n) is 6.96. The average Bonchev–Trinajstić information content (AvgIpc) is 3.16. The molecule has 2 aromatic rings. The molecule has 0 spiro atoms. The first-order chi connectivity index (χ1) is 13.1. The lowest BCUT2D eigenvalue weighted by atomic mass is 9.97. The maximum Gasteiger partial charge on any atom is 0.263 e. The van der Waals surface area contributed by atoms with E-state index >= 15 is 0 Å². The van der Waals surface area contributed by atoms with Crippen LogP contribution in [-0.4, -0.2) is 36.3 Å². The Kier molecular flexibility index (Phi) is 6.61. The second kappa shape index (κ2) is 9.13. The smallest absolute Gasteiger partial charge is 0.263 e. The Balaban J connectivity index is 1.62. The number of nitrogens with zero attached hydrogens (tertiary/aromatic N) is 1. The molecule has 1 aromatic carbocycles. The summed E-state index contributed by atoms with van der Waals surface area (Å²) in [7, 11) is 0. The van der Waals surface area contributed by atoms with Crippen molar-refractivity contribution in [2.45, 2.75) is 32.6 Å². The number of thiophene rings is 1. The van der Waals surface area contributed by atoms with E-state index in [2.05, 4.69) is 5.32 Å². The first-order valence-electron chi connectivity index (χ1n) is 9.49. The maximum atomic E-state index is 14.0. The third kappa shape index (κ3) is 4.95. The summed E-state index contributed by atoms with van der Waals surface area (Å²) in [6.07, 6.45) is 3.33. The second-order valence-corrected chi connectivity index (χ2v) is 8.04. The van der Waals surface area contributed by atoms with Crippen LogP contribution in [0.2, 0.25) is 0 Å². The Morgan fingerprint density at radius 3 is 2.85 bits per heavy atom. The number of nitrogens with one attached hydrogen (secondary N) is 1. The minimum atomic E-state index is -0.279. The lowest BCUT2D eigenvalue weighted by Gasteiger charge is -2.32. The summed E-state index contributed by atoms with van der Waals surface area (Å²) in [6, 6.07) is 10.2. The molecule has 27 heavy (non-hydrogen) atoms. The molecule has 2 heterocycles. The Morgan fingerprint density at radius 2 is 2.07 bits per heavy atom. The fraction of sp³-hybridized carbons (Fsp3) is 0.429. The van der Waals surface area contributed by atoms with Gasteiger partial charge in [0.25, 0.3) is 5.91 Å². The van der Waals surface area contributed by atoms with Crippen LogP contribution in [0.5, 0.6) is 0 Å². The van der Waals surface area contributed by atoms with Crippen LogP contribution in [-0.2, 0) is 4.79 Å². The first-order valence-corrected chi connectivity index (χ1v) is 10.3. The van der Waals surface area contributed by atoms with Gasteiger partial charge in [0, 0.05) is 36.5 Å². The molecule has 0 saturated carbocycles. The third-order valence-corrected chi connectivity index (χ3v) is 5.93. The molecular formula is C21H25FN2O2S. The predicted octanol–water partition coefficient (Wildman–Crippen LogP) is 4.32. The largest absolute Gasteiger partial charge is 0.356 e. The maximum absolute atomic E-state index is 14.0. The van der Waals surface area contributed by atoms with E-state index in [1.165, 1.54) is 17.4 Å². The van der Waals surface area contributed by atoms with Crippen molar-refractivity contribution in [3.63, 3.8) is 0 Å². The zero-order valence-electron chi connectivity index (χ0n) is 15.5. The molecule has 1 saturated heterocycles. The molecule has 144 valence electrons. The number of hydrogen-bond acceptors (Lipinski definition) is 3. The summed E-state index contributed by atoms with van der Waals surface area (Å²) in [5.74, 6) is 0.0784. The SMILES string of the molecule is CCCC(=O)NCC1CCCN(C(=O)c2ccc(-c3ccccc3F)s2)C1. The molecule has 0 aliphatic carbocycles. The van der Waals surface area contributed by atoms with Crippen LogP contribution in [0.3, 0.4) is 0 Å². The number of benzene rings is 1. The van der Waals surface area contributed by atoms with Crippen molar-refractivity contribution in [2.24, 2.45) is 5.92 Å². The summed E-state index contributed by atoms with van der Waals surface area (Å²) in [6.45, 7) is 3.98. The Bertz CT molecular complexity index is 805. The van der Waals surface area contributed by atoms with Gasteiger partial charge in [0.2, 0.25) is 5.91 Å². The van der Waals surface area contributed by atoms with Crippen LogP contribution in [0.15, 0.2) is 36.4 Å². The molecule has 3 rings (SSSR count). The van der Waals surface area contributed by atoms with Gasteiger partial charge in [-0.1, -0.05) is 25.1 Å². The Labute approximate surface area is 163 Å². The van der Waals surface area contributed by atoms with Gasteiger partial charge in [-0.15, -0.1) is 11.3 Å². The summed E-state index contributed by atoms with van der Waals surface area (Å²) in [4.78, 5) is 27.8. The highest BCUT2D eigenvalue weighted by atomic mass is 32.1. The molecule has 0 radical (unpaired) electrons. The minimum absolute atomic E-state index is 0.00725. The van der Waals surface area contributed by atoms with Crippen LogP contribution in [0.25, 0.3) is 10.4 Å². The zero-order chi connectivity index (χ0) is 19.2. The number of carbonyl (C=O) groups excluding carboxylic acids is 2. The van der Waals surface area contributed by atoms with Crippen molar-refractivity contribution < 1.29 is 14.0 Å². The highest BCUT2D eigenvalue weighted by Gasteiger charge is 2.26. The molecule has 1 aliphatic heterocycles. The standard InChI is InChI=1S/C21H25FN2O2S/c1-2-6-20(25)23-13-15-7-5-12-24(14-15)21(26)19-11-10-18(27-19)16-8-3-4-9-17(16)22/h3-4,8-11,15H,2,5-7,12-14H2,1H3,(H,23,25). The molecule has 2 amide bonds. The van der Waals surface area contributed by atoms with E-state index in [-0.39, 0.29) is 23.5 Å². The Hall–Kier alpha value is -2.21. The molecule has 1 atom stereocenters. The molecule has 6 heteroatoms. The van der Waals surface area contributed by atoms with E-state index in [1.54, 1.807) is 24.3 Å². The van der Waals surface area contributed by atoms with Gasteiger partial charge in [-0.05, 0) is 43.4 Å². The van der Waals surface area contributed by atoms with Gasteiger partial charge in [-0.2, -0.15) is 0 Å². The van der Waals surface area contributed by atoms with Gasteiger partial charge in [-0.25, -0.2) is 4.39 Å². The number of carbonyl (C=O) groups is 2. The van der Waals surface area contributed by atoms with E-state index in [4.69, 9.17) is 0 Å². The molecular weight excluding hydrogens is 363 g/mol. The molecule has 0 bridgehead atoms. The molecule has 1 aromatic heterocycles. The third-order valence-electron chi connectivity index (χ3n) is 4.83. The summed E-state index contributed by atoms with van der Waals surface area (Å²) < 4.78 is 14.0. The molecule has 1 N–H and O–H groups in total. The van der Waals surface area contributed by atoms with Crippen molar-refractivity contribution in [2.75, 3.05) is 19.6 Å². The van der Waals surface area contributed by atoms with Crippen molar-refractivity contribution in [1.29, 1.82) is 0 Å². The quantitative estimate of drug-likeness (QED) is 0.801. The number of piperidine rings is 1. The van der Waals surface area contributed by atoms with Crippen LogP contribution >= 0.6 is 11.3 Å².